The van der Waals surface area contributed by atoms with E-state index in [0.29, 0.717) is 12.3 Å². The number of amides is 1. The van der Waals surface area contributed by atoms with Gasteiger partial charge in [0.2, 0.25) is 5.91 Å². The number of hydrogen-bond donors (Lipinski definition) is 0. The lowest BCUT2D eigenvalue weighted by atomic mass is 9.92. The normalized spacial score (nSPS) is 15.4. The molecule has 0 aliphatic carbocycles. The number of carbonyl (C=O) groups excluding carboxylic acids is 1. The Balaban J connectivity index is 1.63. The van der Waals surface area contributed by atoms with E-state index in [0.717, 1.165) is 42.9 Å². The first kappa shape index (κ1) is 17.5. The van der Waals surface area contributed by atoms with E-state index in [-0.39, 0.29) is 18.3 Å². The topological polar surface area (TPSA) is 42.4 Å². The second kappa shape index (κ2) is 8.21. The van der Waals surface area contributed by atoms with Crippen LogP contribution in [0, 0.1) is 5.82 Å². The average Bonchev–Trinajstić information content (AvgIpc) is 2.62. The first-order chi connectivity index (χ1) is 12.2. The predicted molar refractivity (Wildman–Crippen MR) is 93.9 cm³/mol. The van der Waals surface area contributed by atoms with Gasteiger partial charge >= 0.3 is 0 Å². The summed E-state index contributed by atoms with van der Waals surface area (Å²) >= 11 is 0. The molecule has 1 aliphatic rings. The molecule has 25 heavy (non-hydrogen) atoms. The summed E-state index contributed by atoms with van der Waals surface area (Å²) in [5, 5.41) is 0. The third-order valence-electron chi connectivity index (χ3n) is 4.64. The number of likely N-dealkylation sites (tertiary alicyclic amines) is 1. The number of halogens is 1. The van der Waals surface area contributed by atoms with Crippen molar-refractivity contribution in [2.24, 2.45) is 0 Å². The highest BCUT2D eigenvalue weighted by atomic mass is 19.1. The SMILES string of the molecule is COCC(=O)N1CCC(c2cccc(Cc3cccc(F)c3)n2)CC1. The standard InChI is InChI=1S/C20H23FN2O2/c1-25-14-20(24)23-10-8-16(9-11-23)19-7-3-6-18(22-19)13-15-4-2-5-17(21)12-15/h2-7,12,16H,8-11,13-14H2,1H3. The van der Waals surface area contributed by atoms with Gasteiger partial charge in [-0.25, -0.2) is 4.39 Å². The smallest absolute Gasteiger partial charge is 0.248 e. The van der Waals surface area contributed by atoms with Crippen molar-refractivity contribution < 1.29 is 13.9 Å². The molecular weight excluding hydrogens is 319 g/mol. The van der Waals surface area contributed by atoms with E-state index in [2.05, 4.69) is 0 Å². The van der Waals surface area contributed by atoms with E-state index >= 15 is 0 Å². The molecule has 1 amide bonds. The molecule has 0 atom stereocenters. The number of piperidine rings is 1. The van der Waals surface area contributed by atoms with Crippen LogP contribution in [-0.4, -0.2) is 42.6 Å². The first-order valence-corrected chi connectivity index (χ1v) is 8.62. The summed E-state index contributed by atoms with van der Waals surface area (Å²) < 4.78 is 18.3. The summed E-state index contributed by atoms with van der Waals surface area (Å²) in [6.07, 6.45) is 2.44. The third-order valence-corrected chi connectivity index (χ3v) is 4.64. The number of rotatable bonds is 5. The molecule has 1 aromatic heterocycles. The van der Waals surface area contributed by atoms with E-state index in [1.165, 1.54) is 6.07 Å². The molecule has 5 heteroatoms. The molecule has 0 N–H and O–H groups in total. The second-order valence-electron chi connectivity index (χ2n) is 6.45. The lowest BCUT2D eigenvalue weighted by molar-refractivity contribution is -0.136. The molecule has 4 nitrogen and oxygen atoms in total. The summed E-state index contributed by atoms with van der Waals surface area (Å²) in [4.78, 5) is 18.5. The van der Waals surface area contributed by atoms with Crippen LogP contribution in [0.15, 0.2) is 42.5 Å². The number of methoxy groups -OCH3 is 1. The minimum Gasteiger partial charge on any atom is -0.375 e. The molecule has 0 saturated carbocycles. The van der Waals surface area contributed by atoms with Gasteiger partial charge in [0.05, 0.1) is 0 Å². The maximum absolute atomic E-state index is 13.3. The van der Waals surface area contributed by atoms with Crippen LogP contribution in [0.5, 0.6) is 0 Å². The van der Waals surface area contributed by atoms with Gasteiger partial charge in [0.15, 0.2) is 0 Å². The van der Waals surface area contributed by atoms with Crippen molar-refractivity contribution in [3.05, 3.63) is 65.2 Å². The van der Waals surface area contributed by atoms with Crippen molar-refractivity contribution in [1.29, 1.82) is 0 Å². The Hall–Kier alpha value is -2.27. The van der Waals surface area contributed by atoms with Crippen molar-refractivity contribution in [2.45, 2.75) is 25.2 Å². The number of nitrogens with zero attached hydrogens (tertiary/aromatic N) is 2. The van der Waals surface area contributed by atoms with Gasteiger partial charge in [-0.3, -0.25) is 9.78 Å². The highest BCUT2D eigenvalue weighted by molar-refractivity contribution is 5.77. The van der Waals surface area contributed by atoms with Gasteiger partial charge in [0, 0.05) is 43.9 Å². The summed E-state index contributed by atoms with van der Waals surface area (Å²) in [5.74, 6) is 0.189. The molecule has 0 unspecified atom stereocenters. The zero-order valence-electron chi connectivity index (χ0n) is 14.5. The van der Waals surface area contributed by atoms with Crippen LogP contribution in [-0.2, 0) is 16.0 Å². The van der Waals surface area contributed by atoms with E-state index in [1.807, 2.05) is 29.2 Å². The number of hydrogen-bond acceptors (Lipinski definition) is 3. The first-order valence-electron chi connectivity index (χ1n) is 8.62. The maximum Gasteiger partial charge on any atom is 0.248 e. The molecule has 1 fully saturated rings. The van der Waals surface area contributed by atoms with Gasteiger partial charge in [-0.05, 0) is 42.7 Å². The third kappa shape index (κ3) is 4.63. The summed E-state index contributed by atoms with van der Waals surface area (Å²) in [7, 11) is 1.54. The number of carbonyl (C=O) groups is 1. The number of ether oxygens (including phenoxy) is 1. The van der Waals surface area contributed by atoms with Crippen LogP contribution in [0.1, 0.15) is 35.7 Å². The summed E-state index contributed by atoms with van der Waals surface area (Å²) in [6.45, 7) is 1.62. The lowest BCUT2D eigenvalue weighted by Crippen LogP contribution is -2.39. The lowest BCUT2D eigenvalue weighted by Gasteiger charge is -2.31. The highest BCUT2D eigenvalue weighted by Crippen LogP contribution is 2.27. The molecule has 1 aliphatic heterocycles. The molecule has 0 bridgehead atoms. The fraction of sp³-hybridized carbons (Fsp3) is 0.400. The Morgan fingerprint density at radius 1 is 1.24 bits per heavy atom. The Bertz CT molecular complexity index is 727. The summed E-state index contributed by atoms with van der Waals surface area (Å²) in [5.41, 5.74) is 2.93. The molecule has 1 saturated heterocycles. The molecule has 3 rings (SSSR count). The Kier molecular flexibility index (Phi) is 5.76. The Morgan fingerprint density at radius 3 is 2.72 bits per heavy atom. The van der Waals surface area contributed by atoms with Crippen molar-refractivity contribution in [3.63, 3.8) is 0 Å². The van der Waals surface area contributed by atoms with Gasteiger partial charge in [-0.1, -0.05) is 18.2 Å². The number of aromatic nitrogens is 1. The summed E-state index contributed by atoms with van der Waals surface area (Å²) in [6, 6.07) is 12.7. The zero-order valence-corrected chi connectivity index (χ0v) is 14.5. The van der Waals surface area contributed by atoms with Gasteiger partial charge < -0.3 is 9.64 Å². The van der Waals surface area contributed by atoms with Crippen molar-refractivity contribution in [1.82, 2.24) is 9.88 Å². The average molecular weight is 342 g/mol. The van der Waals surface area contributed by atoms with Crippen LogP contribution in [0.25, 0.3) is 0 Å². The largest absolute Gasteiger partial charge is 0.375 e. The molecule has 2 heterocycles. The van der Waals surface area contributed by atoms with Crippen molar-refractivity contribution in [2.75, 3.05) is 26.8 Å². The molecule has 0 spiro atoms. The highest BCUT2D eigenvalue weighted by Gasteiger charge is 2.24. The molecule has 132 valence electrons. The molecule has 0 radical (unpaired) electrons. The van der Waals surface area contributed by atoms with Gasteiger partial charge in [0.25, 0.3) is 0 Å². The Morgan fingerprint density at radius 2 is 2.00 bits per heavy atom. The number of pyridine rings is 1. The van der Waals surface area contributed by atoms with E-state index < -0.39 is 0 Å². The van der Waals surface area contributed by atoms with Crippen molar-refractivity contribution in [3.8, 4) is 0 Å². The van der Waals surface area contributed by atoms with E-state index in [9.17, 15) is 9.18 Å². The minimum absolute atomic E-state index is 0.0498. The van der Waals surface area contributed by atoms with Gasteiger partial charge in [-0.2, -0.15) is 0 Å². The van der Waals surface area contributed by atoms with Crippen molar-refractivity contribution >= 4 is 5.91 Å². The Labute approximate surface area is 147 Å². The predicted octanol–water partition coefficient (Wildman–Crippen LogP) is 3.16. The maximum atomic E-state index is 13.3. The molecule has 2 aromatic rings. The fourth-order valence-corrected chi connectivity index (χ4v) is 3.32. The van der Waals surface area contributed by atoms with Gasteiger partial charge in [0.1, 0.15) is 12.4 Å². The van der Waals surface area contributed by atoms with Crippen LogP contribution in [0.4, 0.5) is 4.39 Å². The zero-order chi connectivity index (χ0) is 17.6. The minimum atomic E-state index is -0.221. The van der Waals surface area contributed by atoms with E-state index in [4.69, 9.17) is 9.72 Å². The molecular formula is C20H23FN2O2. The van der Waals surface area contributed by atoms with Gasteiger partial charge in [-0.15, -0.1) is 0 Å². The molecule has 1 aromatic carbocycles. The van der Waals surface area contributed by atoms with Crippen LogP contribution >= 0.6 is 0 Å². The monoisotopic (exact) mass is 342 g/mol. The van der Waals surface area contributed by atoms with E-state index in [1.54, 1.807) is 19.2 Å². The fourth-order valence-electron chi connectivity index (χ4n) is 3.32. The quantitative estimate of drug-likeness (QED) is 0.838. The van der Waals surface area contributed by atoms with Crippen LogP contribution in [0.3, 0.4) is 0 Å². The number of benzene rings is 1. The van der Waals surface area contributed by atoms with Crippen LogP contribution < -0.4 is 0 Å². The second-order valence-corrected chi connectivity index (χ2v) is 6.45. The van der Waals surface area contributed by atoms with Crippen LogP contribution in [0.2, 0.25) is 0 Å².